The number of carboxylic acids is 1. The highest BCUT2D eigenvalue weighted by Crippen LogP contribution is 1.92. The van der Waals surface area contributed by atoms with Gasteiger partial charge in [-0.25, -0.2) is 4.79 Å². The van der Waals surface area contributed by atoms with Crippen LogP contribution < -0.4 is 5.73 Å². The van der Waals surface area contributed by atoms with Crippen LogP contribution in [0.2, 0.25) is 0 Å². The van der Waals surface area contributed by atoms with E-state index >= 15 is 0 Å². The molecule has 6 nitrogen and oxygen atoms in total. The maximum atomic E-state index is 10.6. The van der Waals surface area contributed by atoms with Gasteiger partial charge in [0.2, 0.25) is 5.78 Å². The number of guanidine groups is 1. The van der Waals surface area contributed by atoms with Gasteiger partial charge in [0.25, 0.3) is 0 Å². The van der Waals surface area contributed by atoms with Gasteiger partial charge in [0.05, 0.1) is 0 Å². The quantitative estimate of drug-likeness (QED) is 0.265. The van der Waals surface area contributed by atoms with E-state index in [1.807, 2.05) is 0 Å². The van der Waals surface area contributed by atoms with Crippen LogP contribution in [0.3, 0.4) is 0 Å². The molecule has 0 aromatic rings. The molecule has 0 heterocycles. The molecule has 0 aromatic carbocycles. The molecule has 0 aliphatic heterocycles. The SMILES string of the molecule is CN(C)C(N)=NCCCC(=O)C(=O)O. The van der Waals surface area contributed by atoms with E-state index in [1.54, 1.807) is 19.0 Å². The Balaban J connectivity index is 3.71. The van der Waals surface area contributed by atoms with Crippen molar-refractivity contribution >= 4 is 17.7 Å². The highest BCUT2D eigenvalue weighted by atomic mass is 16.4. The monoisotopic (exact) mass is 201 g/mol. The summed E-state index contributed by atoms with van der Waals surface area (Å²) in [4.78, 5) is 26.3. The normalized spacial score (nSPS) is 11.1. The van der Waals surface area contributed by atoms with Gasteiger partial charge in [-0.1, -0.05) is 0 Å². The van der Waals surface area contributed by atoms with Crippen molar-refractivity contribution in [2.24, 2.45) is 10.7 Å². The first-order valence-corrected chi connectivity index (χ1v) is 4.18. The van der Waals surface area contributed by atoms with Crippen LogP contribution in [0.15, 0.2) is 4.99 Å². The van der Waals surface area contributed by atoms with Crippen LogP contribution in [0.25, 0.3) is 0 Å². The molecule has 0 aliphatic rings. The molecule has 0 saturated heterocycles. The Morgan fingerprint density at radius 2 is 2.00 bits per heavy atom. The zero-order valence-corrected chi connectivity index (χ0v) is 8.36. The third kappa shape index (κ3) is 5.13. The standard InChI is InChI=1S/C8H15N3O3/c1-11(2)8(9)10-5-3-4-6(12)7(13)14/h3-5H2,1-2H3,(H2,9,10)(H,13,14). The molecule has 3 N–H and O–H groups in total. The van der Waals surface area contributed by atoms with Crippen molar-refractivity contribution in [3.63, 3.8) is 0 Å². The van der Waals surface area contributed by atoms with Crippen LogP contribution in [-0.4, -0.2) is 48.4 Å². The van der Waals surface area contributed by atoms with Crippen LogP contribution in [0.1, 0.15) is 12.8 Å². The van der Waals surface area contributed by atoms with Gasteiger partial charge in [0.1, 0.15) is 0 Å². The third-order valence-corrected chi connectivity index (χ3v) is 1.53. The summed E-state index contributed by atoms with van der Waals surface area (Å²) >= 11 is 0. The van der Waals surface area contributed by atoms with Crippen molar-refractivity contribution in [2.75, 3.05) is 20.6 Å². The number of nitrogens with zero attached hydrogens (tertiary/aromatic N) is 2. The van der Waals surface area contributed by atoms with E-state index in [-0.39, 0.29) is 6.42 Å². The number of carbonyl (C=O) groups excluding carboxylic acids is 1. The van der Waals surface area contributed by atoms with Crippen LogP contribution in [0, 0.1) is 0 Å². The van der Waals surface area contributed by atoms with E-state index in [9.17, 15) is 9.59 Å². The fraction of sp³-hybridized carbons (Fsp3) is 0.625. The molecule has 0 aliphatic carbocycles. The van der Waals surface area contributed by atoms with Gasteiger partial charge in [0, 0.05) is 27.1 Å². The summed E-state index contributed by atoms with van der Waals surface area (Å²) in [7, 11) is 3.50. The lowest BCUT2D eigenvalue weighted by molar-refractivity contribution is -0.149. The van der Waals surface area contributed by atoms with Crippen molar-refractivity contribution in [1.82, 2.24) is 4.90 Å². The molecule has 0 saturated carbocycles. The van der Waals surface area contributed by atoms with E-state index < -0.39 is 11.8 Å². The Labute approximate surface area is 82.4 Å². The van der Waals surface area contributed by atoms with Gasteiger partial charge in [-0.2, -0.15) is 0 Å². The zero-order valence-electron chi connectivity index (χ0n) is 8.36. The Morgan fingerprint density at radius 3 is 2.43 bits per heavy atom. The lowest BCUT2D eigenvalue weighted by Crippen LogP contribution is -2.30. The van der Waals surface area contributed by atoms with Gasteiger partial charge >= 0.3 is 5.97 Å². The maximum Gasteiger partial charge on any atom is 0.372 e. The topological polar surface area (TPSA) is 96.0 Å². The molecule has 0 rings (SSSR count). The number of carbonyl (C=O) groups is 2. The number of hydrogen-bond donors (Lipinski definition) is 2. The summed E-state index contributed by atoms with van der Waals surface area (Å²) in [5, 5.41) is 8.26. The summed E-state index contributed by atoms with van der Waals surface area (Å²) in [5.41, 5.74) is 5.47. The molecule has 14 heavy (non-hydrogen) atoms. The van der Waals surface area contributed by atoms with Gasteiger partial charge in [-0.3, -0.25) is 9.79 Å². The van der Waals surface area contributed by atoms with Gasteiger partial charge in [0.15, 0.2) is 5.96 Å². The van der Waals surface area contributed by atoms with Crippen molar-refractivity contribution < 1.29 is 14.7 Å². The molecular formula is C8H15N3O3. The number of aliphatic imine (C=N–C) groups is 1. The Hall–Kier alpha value is -1.59. The fourth-order valence-corrected chi connectivity index (χ4v) is 0.682. The molecule has 0 atom stereocenters. The molecule has 80 valence electrons. The van der Waals surface area contributed by atoms with Gasteiger partial charge < -0.3 is 15.7 Å². The largest absolute Gasteiger partial charge is 0.476 e. The summed E-state index contributed by atoms with van der Waals surface area (Å²) in [6.45, 7) is 0.364. The average Bonchev–Trinajstić information content (AvgIpc) is 2.11. The highest BCUT2D eigenvalue weighted by molar-refractivity contribution is 6.32. The Kier molecular flexibility index (Phi) is 5.28. The van der Waals surface area contributed by atoms with Gasteiger partial charge in [-0.15, -0.1) is 0 Å². The average molecular weight is 201 g/mol. The molecule has 0 aromatic heterocycles. The first-order valence-electron chi connectivity index (χ1n) is 4.18. The first kappa shape index (κ1) is 12.4. The minimum atomic E-state index is -1.39. The van der Waals surface area contributed by atoms with Crippen LogP contribution in [0.4, 0.5) is 0 Å². The summed E-state index contributed by atoms with van der Waals surface area (Å²) in [6, 6.07) is 0. The van der Waals surface area contributed by atoms with Crippen LogP contribution in [0.5, 0.6) is 0 Å². The van der Waals surface area contributed by atoms with Gasteiger partial charge in [-0.05, 0) is 6.42 Å². The second kappa shape index (κ2) is 5.95. The number of ketones is 1. The van der Waals surface area contributed by atoms with Crippen molar-refractivity contribution in [2.45, 2.75) is 12.8 Å². The summed E-state index contributed by atoms with van der Waals surface area (Å²) in [5.74, 6) is -1.81. The fourth-order valence-electron chi connectivity index (χ4n) is 0.682. The number of Topliss-reactive ketones (excluding diaryl/α,β-unsaturated/α-hetero) is 1. The highest BCUT2D eigenvalue weighted by Gasteiger charge is 2.09. The van der Waals surface area contributed by atoms with E-state index in [1.165, 1.54) is 0 Å². The summed E-state index contributed by atoms with van der Waals surface area (Å²) in [6.07, 6.45) is 0.402. The van der Waals surface area contributed by atoms with E-state index in [4.69, 9.17) is 10.8 Å². The second-order valence-electron chi connectivity index (χ2n) is 2.97. The minimum absolute atomic E-state index is 0.000454. The zero-order chi connectivity index (χ0) is 11.1. The molecule has 0 amide bonds. The molecule has 0 unspecified atom stereocenters. The number of carboxylic acid groups (broad SMARTS) is 1. The minimum Gasteiger partial charge on any atom is -0.476 e. The van der Waals surface area contributed by atoms with Crippen LogP contribution in [-0.2, 0) is 9.59 Å². The molecule has 0 bridgehead atoms. The third-order valence-electron chi connectivity index (χ3n) is 1.53. The molecule has 6 heteroatoms. The predicted molar refractivity (Wildman–Crippen MR) is 52.1 cm³/mol. The number of aliphatic carboxylic acids is 1. The Morgan fingerprint density at radius 1 is 1.43 bits per heavy atom. The van der Waals surface area contributed by atoms with Crippen molar-refractivity contribution in [3.8, 4) is 0 Å². The number of rotatable bonds is 5. The van der Waals surface area contributed by atoms with Crippen molar-refractivity contribution in [1.29, 1.82) is 0 Å². The second-order valence-corrected chi connectivity index (χ2v) is 2.97. The lowest BCUT2D eigenvalue weighted by Gasteiger charge is -2.09. The smallest absolute Gasteiger partial charge is 0.372 e. The Bertz CT molecular complexity index is 248. The summed E-state index contributed by atoms with van der Waals surface area (Å²) < 4.78 is 0. The van der Waals surface area contributed by atoms with Crippen molar-refractivity contribution in [3.05, 3.63) is 0 Å². The first-order chi connectivity index (χ1) is 6.45. The number of hydrogen-bond acceptors (Lipinski definition) is 3. The maximum absolute atomic E-state index is 10.6. The molecule has 0 radical (unpaired) electrons. The molecule has 0 fully saturated rings. The van der Waals surface area contributed by atoms with E-state index in [0.717, 1.165) is 0 Å². The van der Waals surface area contributed by atoms with E-state index in [2.05, 4.69) is 4.99 Å². The predicted octanol–water partition coefficient (Wildman–Crippen LogP) is -0.703. The lowest BCUT2D eigenvalue weighted by atomic mass is 10.2. The molecular weight excluding hydrogens is 186 g/mol. The molecule has 0 spiro atoms. The number of nitrogens with two attached hydrogens (primary N) is 1. The van der Waals surface area contributed by atoms with E-state index in [0.29, 0.717) is 18.9 Å². The van der Waals surface area contributed by atoms with Crippen LogP contribution >= 0.6 is 0 Å².